The third-order valence-corrected chi connectivity index (χ3v) is 3.09. The minimum absolute atomic E-state index is 0.0944. The van der Waals surface area contributed by atoms with Gasteiger partial charge < -0.3 is 20.1 Å². The highest BCUT2D eigenvalue weighted by Gasteiger charge is 2.17. The first kappa shape index (κ1) is 15.5. The van der Waals surface area contributed by atoms with Crippen molar-refractivity contribution in [3.8, 4) is 5.75 Å². The number of hydrogen-bond donors (Lipinski definition) is 2. The molecule has 0 aliphatic rings. The van der Waals surface area contributed by atoms with Crippen molar-refractivity contribution in [2.24, 2.45) is 0 Å². The molecule has 1 aromatic carbocycles. The summed E-state index contributed by atoms with van der Waals surface area (Å²) in [7, 11) is 5.57. The fraction of sp³-hybridized carbons (Fsp3) is 0.500. The van der Waals surface area contributed by atoms with Crippen molar-refractivity contribution >= 4 is 5.97 Å². The molecule has 0 saturated heterocycles. The molecule has 0 fully saturated rings. The summed E-state index contributed by atoms with van der Waals surface area (Å²) < 4.78 is 5.22. The third-order valence-electron chi connectivity index (χ3n) is 3.09. The first-order chi connectivity index (χ1) is 8.95. The molecule has 1 rings (SSSR count). The summed E-state index contributed by atoms with van der Waals surface area (Å²) in [4.78, 5) is 12.9. The third kappa shape index (κ3) is 4.54. The van der Waals surface area contributed by atoms with E-state index in [2.05, 4.69) is 10.2 Å². The van der Waals surface area contributed by atoms with Crippen LogP contribution >= 0.6 is 0 Å². The molecule has 19 heavy (non-hydrogen) atoms. The highest BCUT2D eigenvalue weighted by molar-refractivity contribution is 5.72. The molecular formula is C14H22N2O3. The lowest BCUT2D eigenvalue weighted by Gasteiger charge is -2.26. The SMILES string of the molecule is COc1cccc(C(CNC(C)C(=O)O)N(C)C)c1. The number of rotatable bonds is 7. The lowest BCUT2D eigenvalue weighted by molar-refractivity contribution is -0.139. The van der Waals surface area contributed by atoms with E-state index >= 15 is 0 Å². The van der Waals surface area contributed by atoms with Gasteiger partial charge >= 0.3 is 5.97 Å². The summed E-state index contributed by atoms with van der Waals surface area (Å²) in [5, 5.41) is 11.9. The maximum Gasteiger partial charge on any atom is 0.320 e. The molecule has 0 heterocycles. The molecule has 1 aromatic rings. The van der Waals surface area contributed by atoms with Gasteiger partial charge in [-0.3, -0.25) is 4.79 Å². The van der Waals surface area contributed by atoms with Gasteiger partial charge in [0.25, 0.3) is 0 Å². The van der Waals surface area contributed by atoms with E-state index in [1.807, 2.05) is 38.4 Å². The second kappa shape index (κ2) is 7.11. The first-order valence-electron chi connectivity index (χ1n) is 6.22. The molecule has 2 N–H and O–H groups in total. The lowest BCUT2D eigenvalue weighted by atomic mass is 10.1. The zero-order valence-corrected chi connectivity index (χ0v) is 11.9. The van der Waals surface area contributed by atoms with E-state index in [0.717, 1.165) is 11.3 Å². The predicted octanol–water partition coefficient (Wildman–Crippen LogP) is 1.36. The van der Waals surface area contributed by atoms with Crippen molar-refractivity contribution in [3.63, 3.8) is 0 Å². The van der Waals surface area contributed by atoms with Crippen molar-refractivity contribution in [2.45, 2.75) is 19.0 Å². The van der Waals surface area contributed by atoms with Gasteiger partial charge in [0.05, 0.1) is 7.11 Å². The van der Waals surface area contributed by atoms with E-state index in [0.29, 0.717) is 6.54 Å². The molecular weight excluding hydrogens is 244 g/mol. The highest BCUT2D eigenvalue weighted by atomic mass is 16.5. The molecule has 2 unspecified atom stereocenters. The van der Waals surface area contributed by atoms with E-state index in [1.54, 1.807) is 14.0 Å². The van der Waals surface area contributed by atoms with Gasteiger partial charge in [0.2, 0.25) is 0 Å². The van der Waals surface area contributed by atoms with Crippen LogP contribution < -0.4 is 10.1 Å². The molecule has 0 radical (unpaired) electrons. The number of carboxylic acid groups (broad SMARTS) is 1. The maximum atomic E-state index is 10.8. The molecule has 5 nitrogen and oxygen atoms in total. The topological polar surface area (TPSA) is 61.8 Å². The number of carboxylic acids is 1. The van der Waals surface area contributed by atoms with Crippen LogP contribution in [-0.4, -0.2) is 49.8 Å². The van der Waals surface area contributed by atoms with E-state index in [1.165, 1.54) is 0 Å². The van der Waals surface area contributed by atoms with Gasteiger partial charge in [0, 0.05) is 12.6 Å². The molecule has 0 aliphatic heterocycles. The number of nitrogens with zero attached hydrogens (tertiary/aromatic N) is 1. The average Bonchev–Trinajstić information content (AvgIpc) is 2.38. The smallest absolute Gasteiger partial charge is 0.320 e. The van der Waals surface area contributed by atoms with E-state index in [-0.39, 0.29) is 6.04 Å². The monoisotopic (exact) mass is 266 g/mol. The molecule has 0 bridgehead atoms. The maximum absolute atomic E-state index is 10.8. The Labute approximate surface area is 114 Å². The van der Waals surface area contributed by atoms with Gasteiger partial charge in [-0.1, -0.05) is 12.1 Å². The Morgan fingerprint density at radius 1 is 1.47 bits per heavy atom. The number of aliphatic carboxylic acids is 1. The summed E-state index contributed by atoms with van der Waals surface area (Å²) in [5.74, 6) is -0.0428. The Morgan fingerprint density at radius 3 is 2.68 bits per heavy atom. The van der Waals surface area contributed by atoms with Gasteiger partial charge in [-0.15, -0.1) is 0 Å². The summed E-state index contributed by atoms with van der Waals surface area (Å²) in [5.41, 5.74) is 1.09. The normalized spacial score (nSPS) is 14.2. The van der Waals surface area contributed by atoms with Crippen LogP contribution in [0.2, 0.25) is 0 Å². The van der Waals surface area contributed by atoms with Crippen molar-refractivity contribution in [2.75, 3.05) is 27.7 Å². The second-order valence-corrected chi connectivity index (χ2v) is 4.72. The number of hydrogen-bond acceptors (Lipinski definition) is 4. The van der Waals surface area contributed by atoms with Gasteiger partial charge in [-0.25, -0.2) is 0 Å². The molecule has 106 valence electrons. The Hall–Kier alpha value is -1.59. The summed E-state index contributed by atoms with van der Waals surface area (Å²) in [6.07, 6.45) is 0. The number of nitrogens with one attached hydrogen (secondary N) is 1. The standard InChI is InChI=1S/C14H22N2O3/c1-10(14(17)18)15-9-13(16(2)3)11-6-5-7-12(8-11)19-4/h5-8,10,13,15H,9H2,1-4H3,(H,17,18). The second-order valence-electron chi connectivity index (χ2n) is 4.72. The van der Waals surface area contributed by atoms with Gasteiger partial charge in [-0.05, 0) is 38.7 Å². The van der Waals surface area contributed by atoms with Gasteiger partial charge in [0.1, 0.15) is 11.8 Å². The van der Waals surface area contributed by atoms with Crippen LogP contribution in [0.15, 0.2) is 24.3 Å². The molecule has 5 heteroatoms. The fourth-order valence-corrected chi connectivity index (χ4v) is 1.82. The Kier molecular flexibility index (Phi) is 5.79. The minimum atomic E-state index is -0.844. The quantitative estimate of drug-likeness (QED) is 0.780. The molecule has 2 atom stereocenters. The van der Waals surface area contributed by atoms with Crippen LogP contribution in [0, 0.1) is 0 Å². The summed E-state index contributed by atoms with van der Waals surface area (Å²) >= 11 is 0. The Bertz CT molecular complexity index is 421. The van der Waals surface area contributed by atoms with Crippen molar-refractivity contribution in [1.82, 2.24) is 10.2 Å². The van der Waals surface area contributed by atoms with Gasteiger partial charge in [-0.2, -0.15) is 0 Å². The molecule has 0 aliphatic carbocycles. The largest absolute Gasteiger partial charge is 0.497 e. The van der Waals surface area contributed by atoms with E-state index in [4.69, 9.17) is 9.84 Å². The van der Waals surface area contributed by atoms with Crippen molar-refractivity contribution in [1.29, 1.82) is 0 Å². The van der Waals surface area contributed by atoms with Crippen LogP contribution in [0.5, 0.6) is 5.75 Å². The Morgan fingerprint density at radius 2 is 2.16 bits per heavy atom. The van der Waals surface area contributed by atoms with Crippen LogP contribution in [0.25, 0.3) is 0 Å². The summed E-state index contributed by atoms with van der Waals surface area (Å²) in [6, 6.07) is 7.34. The average molecular weight is 266 g/mol. The molecule has 0 spiro atoms. The van der Waals surface area contributed by atoms with Crippen LogP contribution in [-0.2, 0) is 4.79 Å². The van der Waals surface area contributed by atoms with Crippen LogP contribution in [0.3, 0.4) is 0 Å². The number of benzene rings is 1. The number of methoxy groups -OCH3 is 1. The van der Waals surface area contributed by atoms with Crippen molar-refractivity contribution in [3.05, 3.63) is 29.8 Å². The van der Waals surface area contributed by atoms with Crippen LogP contribution in [0.1, 0.15) is 18.5 Å². The zero-order chi connectivity index (χ0) is 14.4. The number of carbonyl (C=O) groups is 1. The molecule has 0 saturated carbocycles. The highest BCUT2D eigenvalue weighted by Crippen LogP contribution is 2.22. The van der Waals surface area contributed by atoms with E-state index < -0.39 is 12.0 Å². The first-order valence-corrected chi connectivity index (χ1v) is 6.22. The fourth-order valence-electron chi connectivity index (χ4n) is 1.82. The predicted molar refractivity (Wildman–Crippen MR) is 74.5 cm³/mol. The zero-order valence-electron chi connectivity index (χ0n) is 11.9. The van der Waals surface area contributed by atoms with E-state index in [9.17, 15) is 4.79 Å². The molecule has 0 amide bonds. The number of likely N-dealkylation sites (N-methyl/N-ethyl adjacent to an activating group) is 1. The van der Waals surface area contributed by atoms with Gasteiger partial charge in [0.15, 0.2) is 0 Å². The lowest BCUT2D eigenvalue weighted by Crippen LogP contribution is -2.39. The molecule has 0 aromatic heterocycles. The van der Waals surface area contributed by atoms with Crippen LogP contribution in [0.4, 0.5) is 0 Å². The summed E-state index contributed by atoms with van der Waals surface area (Å²) in [6.45, 7) is 2.20. The van der Waals surface area contributed by atoms with Crippen molar-refractivity contribution < 1.29 is 14.6 Å². The minimum Gasteiger partial charge on any atom is -0.497 e. The Balaban J connectivity index is 2.79. The number of ether oxygens (including phenoxy) is 1.